The van der Waals surface area contributed by atoms with Crippen molar-refractivity contribution in [3.8, 4) is 22.3 Å². The van der Waals surface area contributed by atoms with Crippen LogP contribution in [-0.4, -0.2) is 0 Å². The lowest BCUT2D eigenvalue weighted by Crippen LogP contribution is -1.90. The molecule has 0 nitrogen and oxygen atoms in total. The molecule has 0 aliphatic carbocycles. The van der Waals surface area contributed by atoms with E-state index in [4.69, 9.17) is 0 Å². The summed E-state index contributed by atoms with van der Waals surface area (Å²) in [5.74, 6) is 0.533. The van der Waals surface area contributed by atoms with Crippen LogP contribution in [0.5, 0.6) is 0 Å². The number of rotatable bonds is 3. The minimum atomic E-state index is 0.533. The van der Waals surface area contributed by atoms with Gasteiger partial charge in [0.05, 0.1) is 0 Å². The average molecular weight is 423 g/mol. The number of fused-ring (bicyclic) bond motifs is 4. The molecular formula is C33H26. The van der Waals surface area contributed by atoms with Crippen molar-refractivity contribution in [1.82, 2.24) is 0 Å². The van der Waals surface area contributed by atoms with E-state index in [1.807, 2.05) is 0 Å². The lowest BCUT2D eigenvalue weighted by Gasteiger charge is -2.16. The third-order valence-corrected chi connectivity index (χ3v) is 6.85. The van der Waals surface area contributed by atoms with Gasteiger partial charge in [0, 0.05) is 0 Å². The van der Waals surface area contributed by atoms with Crippen LogP contribution in [0.1, 0.15) is 25.3 Å². The minimum Gasteiger partial charge on any atom is -0.0616 e. The standard InChI is InChI=1S/C33H26/c1-22(2)23-17-19-24(20-18-23)28-15-7-10-25-11-8-16-31(33(25)28)32-21-26-9-3-4-12-27(26)29-13-5-6-14-30(29)32/h3-22H,1-2H3. The van der Waals surface area contributed by atoms with E-state index in [9.17, 15) is 0 Å². The van der Waals surface area contributed by atoms with Crippen LogP contribution in [0.15, 0.2) is 115 Å². The van der Waals surface area contributed by atoms with E-state index >= 15 is 0 Å². The second-order valence-electron chi connectivity index (χ2n) is 9.18. The highest BCUT2D eigenvalue weighted by Gasteiger charge is 2.14. The molecule has 0 heteroatoms. The normalized spacial score (nSPS) is 11.6. The summed E-state index contributed by atoms with van der Waals surface area (Å²) in [6.07, 6.45) is 0. The molecule has 6 aromatic rings. The third-order valence-electron chi connectivity index (χ3n) is 6.85. The molecule has 0 atom stereocenters. The Hall–Kier alpha value is -3.90. The van der Waals surface area contributed by atoms with Gasteiger partial charge in [-0.3, -0.25) is 0 Å². The van der Waals surface area contributed by atoms with Crippen molar-refractivity contribution in [3.63, 3.8) is 0 Å². The molecule has 6 rings (SSSR count). The number of benzene rings is 6. The molecule has 0 aromatic heterocycles. The van der Waals surface area contributed by atoms with Crippen molar-refractivity contribution in [2.45, 2.75) is 19.8 Å². The molecular weight excluding hydrogens is 396 g/mol. The van der Waals surface area contributed by atoms with Crippen LogP contribution >= 0.6 is 0 Å². The molecule has 6 aromatic carbocycles. The van der Waals surface area contributed by atoms with Crippen molar-refractivity contribution >= 4 is 32.3 Å². The molecule has 0 unspecified atom stereocenters. The Labute approximate surface area is 195 Å². The van der Waals surface area contributed by atoms with Crippen LogP contribution in [-0.2, 0) is 0 Å². The fraction of sp³-hybridized carbons (Fsp3) is 0.0909. The Balaban J connectivity index is 1.68. The van der Waals surface area contributed by atoms with Gasteiger partial charge in [0.2, 0.25) is 0 Å². The fourth-order valence-corrected chi connectivity index (χ4v) is 5.13. The molecule has 0 radical (unpaired) electrons. The van der Waals surface area contributed by atoms with Gasteiger partial charge in [-0.15, -0.1) is 0 Å². The quantitative estimate of drug-likeness (QED) is 0.249. The Kier molecular flexibility index (Phi) is 4.73. The Morgan fingerprint density at radius 3 is 1.79 bits per heavy atom. The van der Waals surface area contributed by atoms with Crippen LogP contribution in [0.25, 0.3) is 54.6 Å². The van der Waals surface area contributed by atoms with Crippen LogP contribution in [0.2, 0.25) is 0 Å². The van der Waals surface area contributed by atoms with Crippen molar-refractivity contribution in [3.05, 3.63) is 121 Å². The topological polar surface area (TPSA) is 0 Å². The third kappa shape index (κ3) is 3.31. The molecule has 33 heavy (non-hydrogen) atoms. The highest BCUT2D eigenvalue weighted by Crippen LogP contribution is 2.41. The molecule has 0 fully saturated rings. The molecule has 0 aliphatic rings. The molecule has 0 heterocycles. The smallest absolute Gasteiger partial charge is 0.00266 e. The average Bonchev–Trinajstić information content (AvgIpc) is 2.87. The summed E-state index contributed by atoms with van der Waals surface area (Å²) in [6.45, 7) is 4.49. The lowest BCUT2D eigenvalue weighted by molar-refractivity contribution is 0.867. The van der Waals surface area contributed by atoms with Gasteiger partial charge in [0.1, 0.15) is 0 Å². The predicted molar refractivity (Wildman–Crippen MR) is 144 cm³/mol. The molecule has 0 aliphatic heterocycles. The summed E-state index contributed by atoms with van der Waals surface area (Å²) in [5.41, 5.74) is 6.51. The predicted octanol–water partition coefficient (Wildman–Crippen LogP) is 9.60. The first-order valence-electron chi connectivity index (χ1n) is 11.7. The zero-order valence-corrected chi connectivity index (χ0v) is 19.0. The highest BCUT2D eigenvalue weighted by molar-refractivity contribution is 6.17. The zero-order valence-electron chi connectivity index (χ0n) is 19.0. The summed E-state index contributed by atoms with van der Waals surface area (Å²) in [4.78, 5) is 0. The molecule has 0 saturated carbocycles. The summed E-state index contributed by atoms with van der Waals surface area (Å²) in [6, 6.07) is 42.3. The molecule has 158 valence electrons. The number of hydrogen-bond acceptors (Lipinski definition) is 0. The van der Waals surface area contributed by atoms with Crippen LogP contribution in [0.3, 0.4) is 0 Å². The maximum Gasteiger partial charge on any atom is -0.00266 e. The van der Waals surface area contributed by atoms with Crippen LogP contribution in [0, 0.1) is 0 Å². The first-order chi connectivity index (χ1) is 16.2. The Morgan fingerprint density at radius 1 is 0.455 bits per heavy atom. The Bertz CT molecular complexity index is 1610. The number of hydrogen-bond donors (Lipinski definition) is 0. The summed E-state index contributed by atoms with van der Waals surface area (Å²) in [5, 5.41) is 7.78. The first-order valence-corrected chi connectivity index (χ1v) is 11.7. The van der Waals surface area contributed by atoms with E-state index in [0.717, 1.165) is 0 Å². The van der Waals surface area contributed by atoms with Crippen molar-refractivity contribution < 1.29 is 0 Å². The summed E-state index contributed by atoms with van der Waals surface area (Å²) < 4.78 is 0. The van der Waals surface area contributed by atoms with Gasteiger partial charge in [-0.1, -0.05) is 123 Å². The summed E-state index contributed by atoms with van der Waals surface area (Å²) >= 11 is 0. The second-order valence-corrected chi connectivity index (χ2v) is 9.18. The van der Waals surface area contributed by atoms with Crippen LogP contribution in [0.4, 0.5) is 0 Å². The van der Waals surface area contributed by atoms with Gasteiger partial charge in [-0.05, 0) is 72.1 Å². The maximum absolute atomic E-state index is 2.37. The zero-order chi connectivity index (χ0) is 22.4. The second kappa shape index (κ2) is 7.90. The minimum absolute atomic E-state index is 0.533. The van der Waals surface area contributed by atoms with Gasteiger partial charge in [-0.2, -0.15) is 0 Å². The van der Waals surface area contributed by atoms with Gasteiger partial charge in [0.15, 0.2) is 0 Å². The van der Waals surface area contributed by atoms with Gasteiger partial charge in [0.25, 0.3) is 0 Å². The molecule has 0 N–H and O–H groups in total. The van der Waals surface area contributed by atoms with Crippen molar-refractivity contribution in [2.75, 3.05) is 0 Å². The molecule has 0 amide bonds. The van der Waals surface area contributed by atoms with E-state index < -0.39 is 0 Å². The van der Waals surface area contributed by atoms with Crippen molar-refractivity contribution in [1.29, 1.82) is 0 Å². The Morgan fingerprint density at radius 2 is 1.06 bits per heavy atom. The highest BCUT2D eigenvalue weighted by atomic mass is 14.2. The maximum atomic E-state index is 2.37. The summed E-state index contributed by atoms with van der Waals surface area (Å²) in [7, 11) is 0. The molecule has 0 spiro atoms. The molecule has 0 bridgehead atoms. The van der Waals surface area contributed by atoms with Gasteiger partial charge >= 0.3 is 0 Å². The van der Waals surface area contributed by atoms with E-state index in [1.165, 1.54) is 60.1 Å². The molecule has 0 saturated heterocycles. The van der Waals surface area contributed by atoms with Crippen molar-refractivity contribution in [2.24, 2.45) is 0 Å². The van der Waals surface area contributed by atoms with E-state index in [2.05, 4.69) is 129 Å². The largest absolute Gasteiger partial charge is 0.0616 e. The van der Waals surface area contributed by atoms with Gasteiger partial charge in [-0.25, -0.2) is 0 Å². The van der Waals surface area contributed by atoms with E-state index in [1.54, 1.807) is 0 Å². The van der Waals surface area contributed by atoms with E-state index in [-0.39, 0.29) is 0 Å². The fourth-order valence-electron chi connectivity index (χ4n) is 5.13. The first kappa shape index (κ1) is 19.8. The monoisotopic (exact) mass is 422 g/mol. The van der Waals surface area contributed by atoms with E-state index in [0.29, 0.717) is 5.92 Å². The van der Waals surface area contributed by atoms with Gasteiger partial charge < -0.3 is 0 Å². The lowest BCUT2D eigenvalue weighted by atomic mass is 9.87. The van der Waals surface area contributed by atoms with Crippen LogP contribution < -0.4 is 0 Å². The SMILES string of the molecule is CC(C)c1ccc(-c2cccc3cccc(-c4cc5ccccc5c5ccccc45)c23)cc1.